The Bertz CT molecular complexity index is 732. The lowest BCUT2D eigenvalue weighted by Gasteiger charge is -2.37. The van der Waals surface area contributed by atoms with E-state index in [1.807, 2.05) is 48.5 Å². The molecule has 0 fully saturated rings. The zero-order chi connectivity index (χ0) is 22.2. The molecule has 5 N–H and O–H groups in total. The molecule has 0 amide bonds. The van der Waals surface area contributed by atoms with Gasteiger partial charge in [-0.2, -0.15) is 0 Å². The minimum absolute atomic E-state index is 0. The molecule has 0 aliphatic carbocycles. The van der Waals surface area contributed by atoms with E-state index in [4.69, 9.17) is 21.0 Å². The normalized spacial score (nSPS) is 13.5. The van der Waals surface area contributed by atoms with E-state index >= 15 is 0 Å². The van der Waals surface area contributed by atoms with E-state index < -0.39 is 8.32 Å². The minimum atomic E-state index is -1.70. The number of aliphatic hydroxyl groups excluding tert-OH is 1. The van der Waals surface area contributed by atoms with Gasteiger partial charge in [-0.25, -0.2) is 0 Å². The average Bonchev–Trinajstić information content (AvgIpc) is 2.66. The van der Waals surface area contributed by atoms with E-state index in [-0.39, 0.29) is 31.2 Å². The first-order chi connectivity index (χ1) is 13.4. The zero-order valence-electron chi connectivity index (χ0n) is 18.0. The Hall–Kier alpha value is -0.543. The maximum atomic E-state index is 8.72. The van der Waals surface area contributed by atoms with E-state index in [1.165, 1.54) is 0 Å². The summed E-state index contributed by atoms with van der Waals surface area (Å²) < 4.78 is 8.24. The predicted molar refractivity (Wildman–Crippen MR) is 139 cm³/mol. The van der Waals surface area contributed by atoms with Crippen molar-refractivity contribution in [3.8, 4) is 0 Å². The Kier molecular flexibility index (Phi) is 12.9. The van der Waals surface area contributed by atoms with Crippen LogP contribution in [0.25, 0.3) is 0 Å². The first-order valence-electron chi connectivity index (χ1n) is 9.64. The third-order valence-corrected chi connectivity index (χ3v) is 10.8. The molecule has 0 radical (unpaired) electrons. The Morgan fingerprint density at radius 1 is 0.867 bits per heavy atom. The third kappa shape index (κ3) is 9.72. The van der Waals surface area contributed by atoms with Crippen molar-refractivity contribution in [2.24, 2.45) is 11.5 Å². The molecule has 0 saturated carbocycles. The second-order valence-corrected chi connectivity index (χ2v) is 15.2. The topological polar surface area (TPSA) is 81.5 Å². The maximum Gasteiger partial charge on any atom is 0.192 e. The second-order valence-electron chi connectivity index (χ2n) is 8.57. The van der Waals surface area contributed by atoms with Gasteiger partial charge in [0.2, 0.25) is 0 Å². The van der Waals surface area contributed by atoms with Crippen LogP contribution in [0.4, 0.5) is 0 Å². The van der Waals surface area contributed by atoms with Crippen LogP contribution in [0.5, 0.6) is 0 Å². The standard InChI is InChI=1S/C14H24BrNOSi.C8H10BrNO.CH4/c1-14(2,3)18(4,5)17-10-13(16)11-6-8-12(15)9-7-11;9-7-3-1-6(2-4-7)8(10)5-11;/h6-9,13H,10,16H2,1-5H3;1-4,8,11H,5,10H2;1H4. The summed E-state index contributed by atoms with van der Waals surface area (Å²) in [5.41, 5.74) is 13.8. The molecule has 30 heavy (non-hydrogen) atoms. The number of halogens is 2. The van der Waals surface area contributed by atoms with E-state index in [9.17, 15) is 0 Å². The molecule has 2 rings (SSSR count). The molecule has 0 spiro atoms. The van der Waals surface area contributed by atoms with Crippen LogP contribution in [0, 0.1) is 0 Å². The maximum absolute atomic E-state index is 8.72. The minimum Gasteiger partial charge on any atom is -0.415 e. The zero-order valence-corrected chi connectivity index (χ0v) is 22.1. The lowest BCUT2D eigenvalue weighted by atomic mass is 10.1. The quantitative estimate of drug-likeness (QED) is 0.349. The van der Waals surface area contributed by atoms with Gasteiger partial charge in [0.1, 0.15) is 0 Å². The molecule has 2 atom stereocenters. The number of hydrogen-bond acceptors (Lipinski definition) is 4. The fraction of sp³-hybridized carbons (Fsp3) is 0.478. The molecule has 0 aromatic heterocycles. The molecular weight excluding hydrogens is 524 g/mol. The highest BCUT2D eigenvalue weighted by atomic mass is 79.9. The SMILES string of the molecule is C.CC(C)(C)[Si](C)(C)OCC(N)c1ccc(Br)cc1.NC(CO)c1ccc(Br)cc1. The van der Waals surface area contributed by atoms with E-state index in [2.05, 4.69) is 65.7 Å². The molecule has 2 aromatic carbocycles. The molecule has 0 saturated heterocycles. The number of hydrogen-bond donors (Lipinski definition) is 3. The van der Waals surface area contributed by atoms with Gasteiger partial charge in [-0.3, -0.25) is 0 Å². The van der Waals surface area contributed by atoms with Crippen LogP contribution in [0.3, 0.4) is 0 Å². The van der Waals surface area contributed by atoms with Crippen molar-refractivity contribution in [1.82, 2.24) is 0 Å². The van der Waals surface area contributed by atoms with E-state index in [1.54, 1.807) is 0 Å². The molecule has 2 aromatic rings. The fourth-order valence-electron chi connectivity index (χ4n) is 2.14. The van der Waals surface area contributed by atoms with Crippen LogP contribution in [-0.4, -0.2) is 26.6 Å². The van der Waals surface area contributed by atoms with Crippen molar-refractivity contribution in [1.29, 1.82) is 0 Å². The van der Waals surface area contributed by atoms with Gasteiger partial charge < -0.3 is 21.0 Å². The van der Waals surface area contributed by atoms with Gasteiger partial charge in [-0.15, -0.1) is 0 Å². The van der Waals surface area contributed by atoms with Gasteiger partial charge in [-0.05, 0) is 53.5 Å². The highest BCUT2D eigenvalue weighted by molar-refractivity contribution is 9.10. The van der Waals surface area contributed by atoms with Crippen LogP contribution in [-0.2, 0) is 4.43 Å². The second kappa shape index (κ2) is 13.1. The Morgan fingerprint density at radius 2 is 1.23 bits per heavy atom. The molecule has 170 valence electrons. The Labute approximate surface area is 200 Å². The predicted octanol–water partition coefficient (Wildman–Crippen LogP) is 6.55. The van der Waals surface area contributed by atoms with Crippen molar-refractivity contribution in [2.75, 3.05) is 13.2 Å². The van der Waals surface area contributed by atoms with Crippen LogP contribution < -0.4 is 11.5 Å². The molecule has 2 unspecified atom stereocenters. The summed E-state index contributed by atoms with van der Waals surface area (Å²) in [7, 11) is -1.70. The van der Waals surface area contributed by atoms with Crippen LogP contribution >= 0.6 is 31.9 Å². The van der Waals surface area contributed by atoms with Gasteiger partial charge in [0.05, 0.1) is 25.3 Å². The van der Waals surface area contributed by atoms with Crippen molar-refractivity contribution in [2.45, 2.75) is 58.4 Å². The van der Waals surface area contributed by atoms with Gasteiger partial charge in [0.25, 0.3) is 0 Å². The smallest absolute Gasteiger partial charge is 0.192 e. The highest BCUT2D eigenvalue weighted by Gasteiger charge is 2.37. The summed E-state index contributed by atoms with van der Waals surface area (Å²) in [6.45, 7) is 11.8. The van der Waals surface area contributed by atoms with Gasteiger partial charge in [0.15, 0.2) is 8.32 Å². The van der Waals surface area contributed by atoms with Crippen LogP contribution in [0.2, 0.25) is 18.1 Å². The van der Waals surface area contributed by atoms with Crippen LogP contribution in [0.1, 0.15) is 51.4 Å². The summed E-state index contributed by atoms with van der Waals surface area (Å²) in [4.78, 5) is 0. The van der Waals surface area contributed by atoms with Crippen molar-refractivity contribution >= 4 is 40.2 Å². The lowest BCUT2D eigenvalue weighted by Crippen LogP contribution is -2.42. The summed E-state index contributed by atoms with van der Waals surface area (Å²) in [5.74, 6) is 0. The molecule has 0 aliphatic rings. The van der Waals surface area contributed by atoms with E-state index in [0.29, 0.717) is 6.61 Å². The van der Waals surface area contributed by atoms with Gasteiger partial charge >= 0.3 is 0 Å². The highest BCUT2D eigenvalue weighted by Crippen LogP contribution is 2.37. The molecule has 0 bridgehead atoms. The largest absolute Gasteiger partial charge is 0.415 e. The molecule has 4 nitrogen and oxygen atoms in total. The summed E-state index contributed by atoms with van der Waals surface area (Å²) >= 11 is 6.74. The Morgan fingerprint density at radius 3 is 1.57 bits per heavy atom. The average molecular weight is 562 g/mol. The number of aliphatic hydroxyl groups is 1. The molecule has 7 heteroatoms. The number of rotatable bonds is 6. The van der Waals surface area contributed by atoms with Gasteiger partial charge in [0, 0.05) is 8.95 Å². The molecule has 0 aliphatic heterocycles. The third-order valence-electron chi connectivity index (χ3n) is 5.22. The summed E-state index contributed by atoms with van der Waals surface area (Å²) in [6, 6.07) is 15.4. The number of benzene rings is 2. The summed E-state index contributed by atoms with van der Waals surface area (Å²) in [6.07, 6.45) is 0. The fourth-order valence-corrected chi connectivity index (χ4v) is 3.69. The molecular formula is C23H38Br2N2O2Si. The van der Waals surface area contributed by atoms with E-state index in [0.717, 1.165) is 20.1 Å². The summed E-state index contributed by atoms with van der Waals surface area (Å²) in [5, 5.41) is 8.95. The molecule has 0 heterocycles. The monoisotopic (exact) mass is 560 g/mol. The van der Waals surface area contributed by atoms with Crippen molar-refractivity contribution < 1.29 is 9.53 Å². The number of nitrogens with two attached hydrogens (primary N) is 2. The van der Waals surface area contributed by atoms with Gasteiger partial charge in [-0.1, -0.05) is 84.3 Å². The first-order valence-corrected chi connectivity index (χ1v) is 14.1. The van der Waals surface area contributed by atoms with Crippen molar-refractivity contribution in [3.05, 3.63) is 68.6 Å². The van der Waals surface area contributed by atoms with Crippen LogP contribution in [0.15, 0.2) is 57.5 Å². The lowest BCUT2D eigenvalue weighted by molar-refractivity contribution is 0.264. The van der Waals surface area contributed by atoms with Crippen molar-refractivity contribution in [3.63, 3.8) is 0 Å². The Balaban J connectivity index is 0.000000603. The first kappa shape index (κ1) is 29.5.